The maximum absolute atomic E-state index is 12.2. The van der Waals surface area contributed by atoms with Crippen LogP contribution >= 0.6 is 0 Å². The van der Waals surface area contributed by atoms with Gasteiger partial charge in [-0.05, 0) is 17.7 Å². The Hall–Kier alpha value is -2.81. The van der Waals surface area contributed by atoms with Gasteiger partial charge in [0.25, 0.3) is 0 Å². The highest BCUT2D eigenvalue weighted by Crippen LogP contribution is 2.20. The minimum absolute atomic E-state index is 0.607. The summed E-state index contributed by atoms with van der Waals surface area (Å²) < 4.78 is 0.883. The summed E-state index contributed by atoms with van der Waals surface area (Å²) in [6, 6.07) is 15.4. The van der Waals surface area contributed by atoms with Crippen LogP contribution in [-0.4, -0.2) is 18.0 Å². The zero-order valence-electron chi connectivity index (χ0n) is 12.6. The molecule has 0 N–H and O–H groups in total. The van der Waals surface area contributed by atoms with Crippen molar-refractivity contribution in [3.05, 3.63) is 96.5 Å². The second kappa shape index (κ2) is 7.84. The summed E-state index contributed by atoms with van der Waals surface area (Å²) in [7, 11) is 0. The van der Waals surface area contributed by atoms with Crippen LogP contribution in [0.1, 0.15) is 11.3 Å². The van der Waals surface area contributed by atoms with Crippen LogP contribution in [0.4, 0.5) is 0 Å². The van der Waals surface area contributed by atoms with E-state index in [1.54, 1.807) is 6.07 Å². The third-order valence-corrected chi connectivity index (χ3v) is 3.23. The minimum Gasteiger partial charge on any atom is -0.618 e. The van der Waals surface area contributed by atoms with E-state index in [0.29, 0.717) is 18.8 Å². The van der Waals surface area contributed by atoms with Crippen LogP contribution in [0.2, 0.25) is 0 Å². The van der Waals surface area contributed by atoms with Gasteiger partial charge in [0.15, 0.2) is 6.20 Å². The molecule has 3 heteroatoms. The van der Waals surface area contributed by atoms with E-state index in [1.807, 2.05) is 60.7 Å². The first-order valence-corrected chi connectivity index (χ1v) is 7.18. The molecule has 0 aliphatic carbocycles. The van der Waals surface area contributed by atoms with Crippen molar-refractivity contribution in [1.29, 1.82) is 0 Å². The van der Waals surface area contributed by atoms with Crippen molar-refractivity contribution in [2.24, 2.45) is 0 Å². The highest BCUT2D eigenvalue weighted by atomic mass is 16.5. The van der Waals surface area contributed by atoms with Crippen LogP contribution in [0, 0.1) is 5.21 Å². The molecule has 0 radical (unpaired) electrons. The summed E-state index contributed by atoms with van der Waals surface area (Å²) in [5.41, 5.74) is 2.50. The largest absolute Gasteiger partial charge is 0.618 e. The fourth-order valence-electron chi connectivity index (χ4n) is 2.24. The highest BCUT2D eigenvalue weighted by Gasteiger charge is 2.17. The van der Waals surface area contributed by atoms with Gasteiger partial charge in [0.2, 0.25) is 5.69 Å². The molecule has 0 saturated heterocycles. The van der Waals surface area contributed by atoms with Crippen LogP contribution in [0.15, 0.2) is 80.0 Å². The number of hydrogen-bond acceptors (Lipinski definition) is 2. The zero-order chi connectivity index (χ0) is 15.8. The minimum atomic E-state index is 0.607. The smallest absolute Gasteiger partial charge is 0.240 e. The predicted octanol–water partition coefficient (Wildman–Crippen LogP) is 3.49. The maximum atomic E-state index is 12.2. The molecule has 0 fully saturated rings. The van der Waals surface area contributed by atoms with E-state index in [2.05, 4.69) is 18.1 Å². The molecule has 1 aromatic heterocycles. The molecule has 0 bridgehead atoms. The quantitative estimate of drug-likeness (QED) is 0.444. The third kappa shape index (κ3) is 3.85. The lowest BCUT2D eigenvalue weighted by Crippen LogP contribution is -2.35. The van der Waals surface area contributed by atoms with E-state index in [9.17, 15) is 5.21 Å². The van der Waals surface area contributed by atoms with Crippen LogP contribution in [-0.2, 0) is 0 Å². The molecular formula is C19H20N2O. The second-order valence-corrected chi connectivity index (χ2v) is 4.83. The number of benzene rings is 1. The van der Waals surface area contributed by atoms with Gasteiger partial charge < -0.3 is 10.1 Å². The number of pyridine rings is 1. The monoisotopic (exact) mass is 292 g/mol. The van der Waals surface area contributed by atoms with Gasteiger partial charge in [-0.2, -0.15) is 4.73 Å². The topological polar surface area (TPSA) is 30.2 Å². The van der Waals surface area contributed by atoms with Crippen LogP contribution in [0.3, 0.4) is 0 Å². The average molecular weight is 292 g/mol. The average Bonchev–Trinajstić information content (AvgIpc) is 2.54. The summed E-state index contributed by atoms with van der Waals surface area (Å²) in [5, 5.41) is 12.2. The Balaban J connectivity index is 2.53. The normalized spacial score (nSPS) is 11.0. The van der Waals surface area contributed by atoms with E-state index in [1.165, 1.54) is 6.20 Å². The number of rotatable bonds is 7. The Kier molecular flexibility index (Phi) is 5.55. The first-order valence-electron chi connectivity index (χ1n) is 7.18. The molecule has 2 rings (SSSR count). The Labute approximate surface area is 131 Å². The van der Waals surface area contributed by atoms with Crippen molar-refractivity contribution >= 4 is 11.8 Å². The molecule has 1 heterocycles. The molecule has 0 amide bonds. The van der Waals surface area contributed by atoms with Crippen molar-refractivity contribution in [2.45, 2.75) is 0 Å². The molecule has 112 valence electrons. The first kappa shape index (κ1) is 15.6. The molecule has 0 saturated carbocycles. The molecule has 22 heavy (non-hydrogen) atoms. The standard InChI is InChI=1S/C19H20N2O/c1-3-13-20(14-4-2)19(16-17-10-6-5-7-11-17)18-12-8-9-15-21(18)22/h3-12,15-16H,1-2,13-14H2. The highest BCUT2D eigenvalue weighted by molar-refractivity contribution is 5.78. The van der Waals surface area contributed by atoms with E-state index >= 15 is 0 Å². The maximum Gasteiger partial charge on any atom is 0.240 e. The molecule has 2 aromatic rings. The molecular weight excluding hydrogens is 272 g/mol. The van der Waals surface area contributed by atoms with Gasteiger partial charge in [0.1, 0.15) is 5.70 Å². The van der Waals surface area contributed by atoms with Crippen molar-refractivity contribution in [3.8, 4) is 0 Å². The Morgan fingerprint density at radius 2 is 1.64 bits per heavy atom. The van der Waals surface area contributed by atoms with Crippen LogP contribution in [0.25, 0.3) is 11.8 Å². The lowest BCUT2D eigenvalue weighted by atomic mass is 10.1. The Bertz CT molecular complexity index is 652. The summed E-state index contributed by atoms with van der Waals surface area (Å²) in [5.74, 6) is 0. The van der Waals surface area contributed by atoms with Crippen LogP contribution in [0.5, 0.6) is 0 Å². The Morgan fingerprint density at radius 3 is 2.23 bits per heavy atom. The van der Waals surface area contributed by atoms with E-state index in [4.69, 9.17) is 0 Å². The number of hydrogen-bond donors (Lipinski definition) is 0. The summed E-state index contributed by atoms with van der Waals surface area (Å²) in [6.45, 7) is 8.88. The first-order chi connectivity index (χ1) is 10.8. The SMILES string of the molecule is C=CCN(CC=C)C(=Cc1ccccc1)c1cccc[n+]1[O-]. The van der Waals surface area contributed by atoms with Gasteiger partial charge in [-0.3, -0.25) is 0 Å². The number of aromatic nitrogens is 1. The Morgan fingerprint density at radius 1 is 1.00 bits per heavy atom. The van der Waals surface area contributed by atoms with Gasteiger partial charge in [-0.15, -0.1) is 13.2 Å². The summed E-state index contributed by atoms with van der Waals surface area (Å²) >= 11 is 0. The third-order valence-electron chi connectivity index (χ3n) is 3.23. The molecule has 0 atom stereocenters. The molecule has 0 unspecified atom stereocenters. The van der Waals surface area contributed by atoms with Crippen molar-refractivity contribution in [1.82, 2.24) is 4.90 Å². The molecule has 0 aliphatic rings. The van der Waals surface area contributed by atoms with E-state index in [-0.39, 0.29) is 0 Å². The summed E-state index contributed by atoms with van der Waals surface area (Å²) in [4.78, 5) is 2.07. The predicted molar refractivity (Wildman–Crippen MR) is 91.7 cm³/mol. The van der Waals surface area contributed by atoms with Crippen molar-refractivity contribution in [2.75, 3.05) is 13.1 Å². The van der Waals surface area contributed by atoms with E-state index in [0.717, 1.165) is 16.0 Å². The fraction of sp³-hybridized carbons (Fsp3) is 0.105. The van der Waals surface area contributed by atoms with Crippen molar-refractivity contribution in [3.63, 3.8) is 0 Å². The molecule has 0 spiro atoms. The van der Waals surface area contributed by atoms with Crippen LogP contribution < -0.4 is 4.73 Å². The van der Waals surface area contributed by atoms with Crippen molar-refractivity contribution < 1.29 is 4.73 Å². The van der Waals surface area contributed by atoms with Gasteiger partial charge >= 0.3 is 0 Å². The molecule has 1 aromatic carbocycles. The van der Waals surface area contributed by atoms with Gasteiger partial charge in [0.05, 0.1) is 0 Å². The number of nitrogens with zero attached hydrogens (tertiary/aromatic N) is 2. The summed E-state index contributed by atoms with van der Waals surface area (Å²) in [6.07, 6.45) is 7.16. The van der Waals surface area contributed by atoms with Gasteiger partial charge in [0, 0.05) is 25.2 Å². The van der Waals surface area contributed by atoms with E-state index < -0.39 is 0 Å². The lowest BCUT2D eigenvalue weighted by Gasteiger charge is -2.24. The molecule has 3 nitrogen and oxygen atoms in total. The zero-order valence-corrected chi connectivity index (χ0v) is 12.6. The van der Waals surface area contributed by atoms with Gasteiger partial charge in [-0.1, -0.05) is 42.5 Å². The fourth-order valence-corrected chi connectivity index (χ4v) is 2.24. The lowest BCUT2D eigenvalue weighted by molar-refractivity contribution is -0.608. The molecule has 0 aliphatic heterocycles. The van der Waals surface area contributed by atoms with Gasteiger partial charge in [-0.25, -0.2) is 0 Å². The second-order valence-electron chi connectivity index (χ2n) is 4.83.